The Kier molecular flexibility index (Phi) is 5.13. The Bertz CT molecular complexity index is 890. The molecule has 0 saturated heterocycles. The van der Waals surface area contributed by atoms with Crippen LogP contribution in [0.3, 0.4) is 0 Å². The van der Waals surface area contributed by atoms with E-state index in [4.69, 9.17) is 9.15 Å². The lowest BCUT2D eigenvalue weighted by Crippen LogP contribution is -3.00. The summed E-state index contributed by atoms with van der Waals surface area (Å²) in [4.78, 5) is 24.4. The van der Waals surface area contributed by atoms with Crippen LogP contribution in [0.25, 0.3) is 11.0 Å². The van der Waals surface area contributed by atoms with Crippen LogP contribution in [0.2, 0.25) is 0 Å². The van der Waals surface area contributed by atoms with Gasteiger partial charge in [-0.15, -0.1) is 0 Å². The second kappa shape index (κ2) is 7.07. The molecule has 0 aliphatic carbocycles. The van der Waals surface area contributed by atoms with Gasteiger partial charge in [-0.25, -0.2) is 4.79 Å². The molecule has 3 rings (SSSR count). The number of pyridine rings is 1. The monoisotopic (exact) mass is 331 g/mol. The number of carbonyl (C=O) groups is 1. The zero-order valence-electron chi connectivity index (χ0n) is 12.4. The number of hydrogen-bond donors (Lipinski definition) is 0. The van der Waals surface area contributed by atoms with Gasteiger partial charge in [-0.1, -0.05) is 18.2 Å². The van der Waals surface area contributed by atoms with Crippen molar-refractivity contribution in [2.45, 2.75) is 6.54 Å². The van der Waals surface area contributed by atoms with Gasteiger partial charge < -0.3 is 21.6 Å². The normalized spacial score (nSPS) is 10.1. The van der Waals surface area contributed by atoms with E-state index in [9.17, 15) is 9.59 Å². The SMILES string of the molecule is COc1cccc2cc(C(=O)C[n+]3ccccc3)c(=O)oc12.[Cl-]. The molecule has 0 saturated carbocycles. The highest BCUT2D eigenvalue weighted by Crippen LogP contribution is 2.24. The third-order valence-corrected chi connectivity index (χ3v) is 3.35. The highest BCUT2D eigenvalue weighted by molar-refractivity contribution is 5.98. The molecule has 0 N–H and O–H groups in total. The predicted molar refractivity (Wildman–Crippen MR) is 80.0 cm³/mol. The van der Waals surface area contributed by atoms with Gasteiger partial charge in [0.05, 0.1) is 7.11 Å². The van der Waals surface area contributed by atoms with Crippen molar-refractivity contribution < 1.29 is 30.9 Å². The number of hydrogen-bond acceptors (Lipinski definition) is 4. The van der Waals surface area contributed by atoms with Gasteiger partial charge in [-0.05, 0) is 12.1 Å². The van der Waals surface area contributed by atoms with Crippen molar-refractivity contribution in [3.63, 3.8) is 0 Å². The Labute approximate surface area is 138 Å². The van der Waals surface area contributed by atoms with Gasteiger partial charge in [-0.3, -0.25) is 4.79 Å². The summed E-state index contributed by atoms with van der Waals surface area (Å²) in [7, 11) is 1.50. The molecule has 1 aromatic carbocycles. The minimum atomic E-state index is -0.654. The Hall–Kier alpha value is -2.66. The van der Waals surface area contributed by atoms with Gasteiger partial charge in [-0.2, -0.15) is 4.57 Å². The lowest BCUT2D eigenvalue weighted by molar-refractivity contribution is -0.683. The molecule has 0 radical (unpaired) electrons. The molecule has 2 aromatic heterocycles. The molecule has 23 heavy (non-hydrogen) atoms. The van der Waals surface area contributed by atoms with Crippen LogP contribution in [0, 0.1) is 0 Å². The molecule has 0 aliphatic rings. The first-order chi connectivity index (χ1) is 10.7. The maximum absolute atomic E-state index is 12.3. The van der Waals surface area contributed by atoms with E-state index in [1.165, 1.54) is 7.11 Å². The van der Waals surface area contributed by atoms with Crippen LogP contribution in [0.1, 0.15) is 10.4 Å². The third kappa shape index (κ3) is 3.40. The number of Topliss-reactive ketones (excluding diaryl/α,β-unsaturated/α-hetero) is 1. The van der Waals surface area contributed by atoms with E-state index >= 15 is 0 Å². The molecule has 0 spiro atoms. The molecule has 0 atom stereocenters. The summed E-state index contributed by atoms with van der Waals surface area (Å²) in [5.74, 6) is 0.167. The minimum absolute atomic E-state index is 0. The number of aromatic nitrogens is 1. The molecule has 0 unspecified atom stereocenters. The fraction of sp³-hybridized carbons (Fsp3) is 0.118. The van der Waals surface area contributed by atoms with Crippen LogP contribution in [0.15, 0.2) is 64.1 Å². The second-order valence-corrected chi connectivity index (χ2v) is 4.80. The average molecular weight is 332 g/mol. The van der Waals surface area contributed by atoms with Crippen molar-refractivity contribution in [3.05, 3.63) is 70.8 Å². The zero-order chi connectivity index (χ0) is 15.5. The summed E-state index contributed by atoms with van der Waals surface area (Å²) in [6, 6.07) is 12.3. The van der Waals surface area contributed by atoms with Crippen molar-refractivity contribution in [3.8, 4) is 5.75 Å². The number of fused-ring (bicyclic) bond motifs is 1. The molecule has 0 fully saturated rings. The van der Waals surface area contributed by atoms with Crippen molar-refractivity contribution in [2.24, 2.45) is 0 Å². The fourth-order valence-corrected chi connectivity index (χ4v) is 2.26. The molecule has 5 nitrogen and oxygen atoms in total. The van der Waals surface area contributed by atoms with Gasteiger partial charge in [0.2, 0.25) is 12.3 Å². The van der Waals surface area contributed by atoms with Crippen LogP contribution in [0.5, 0.6) is 5.75 Å². The van der Waals surface area contributed by atoms with E-state index in [2.05, 4.69) is 0 Å². The molecule has 3 aromatic rings. The maximum Gasteiger partial charge on any atom is 0.347 e. The summed E-state index contributed by atoms with van der Waals surface area (Å²) in [5.41, 5.74) is -0.269. The summed E-state index contributed by atoms with van der Waals surface area (Å²) >= 11 is 0. The first-order valence-corrected chi connectivity index (χ1v) is 6.77. The fourth-order valence-electron chi connectivity index (χ4n) is 2.26. The smallest absolute Gasteiger partial charge is 0.347 e. The lowest BCUT2D eigenvalue weighted by Gasteiger charge is -2.04. The molecular formula is C17H14ClNO4. The molecule has 0 bridgehead atoms. The molecule has 0 aliphatic heterocycles. The number of ketones is 1. The summed E-state index contributed by atoms with van der Waals surface area (Å²) in [6.45, 7) is 0.0844. The van der Waals surface area contributed by atoms with Crippen LogP contribution in [-0.2, 0) is 6.54 Å². The van der Waals surface area contributed by atoms with Gasteiger partial charge in [0.1, 0.15) is 5.56 Å². The number of benzene rings is 1. The predicted octanol–water partition coefficient (Wildman–Crippen LogP) is -1.02. The van der Waals surface area contributed by atoms with Gasteiger partial charge in [0.25, 0.3) is 0 Å². The molecule has 0 amide bonds. The minimum Gasteiger partial charge on any atom is -1.00 e. The van der Waals surface area contributed by atoms with Crippen molar-refractivity contribution >= 4 is 16.8 Å². The Morgan fingerprint density at radius 1 is 1.17 bits per heavy atom. The first-order valence-electron chi connectivity index (χ1n) is 6.77. The first kappa shape index (κ1) is 16.7. The van der Waals surface area contributed by atoms with Gasteiger partial charge in [0, 0.05) is 17.5 Å². The molecule has 118 valence electrons. The van der Waals surface area contributed by atoms with Gasteiger partial charge >= 0.3 is 5.63 Å². The Balaban J connectivity index is 0.00000192. The summed E-state index contributed by atoms with van der Waals surface area (Å²) in [6.07, 6.45) is 3.53. The quantitative estimate of drug-likeness (QED) is 0.349. The maximum atomic E-state index is 12.3. The average Bonchev–Trinajstić information content (AvgIpc) is 2.54. The van der Waals surface area contributed by atoms with E-state index in [-0.39, 0.29) is 30.3 Å². The molecular weight excluding hydrogens is 318 g/mol. The van der Waals surface area contributed by atoms with Crippen LogP contribution in [-0.4, -0.2) is 12.9 Å². The van der Waals surface area contributed by atoms with E-state index in [0.717, 1.165) is 0 Å². The van der Waals surface area contributed by atoms with Crippen molar-refractivity contribution in [2.75, 3.05) is 7.11 Å². The summed E-state index contributed by atoms with van der Waals surface area (Å²) < 4.78 is 12.1. The van der Waals surface area contributed by atoms with Crippen LogP contribution >= 0.6 is 0 Å². The lowest BCUT2D eigenvalue weighted by atomic mass is 10.1. The number of ether oxygens (including phenoxy) is 1. The molecule has 6 heteroatoms. The van der Waals surface area contributed by atoms with E-state index in [1.807, 2.05) is 18.2 Å². The van der Waals surface area contributed by atoms with E-state index in [1.54, 1.807) is 41.2 Å². The number of para-hydroxylation sites is 1. The van der Waals surface area contributed by atoms with Crippen LogP contribution in [0.4, 0.5) is 0 Å². The van der Waals surface area contributed by atoms with Gasteiger partial charge in [0.15, 0.2) is 23.7 Å². The Morgan fingerprint density at radius 3 is 2.61 bits per heavy atom. The highest BCUT2D eigenvalue weighted by Gasteiger charge is 2.18. The highest BCUT2D eigenvalue weighted by atomic mass is 35.5. The number of methoxy groups -OCH3 is 1. The number of rotatable bonds is 4. The standard InChI is InChI=1S/C17H14NO4.ClH/c1-21-15-7-5-6-12-10-13(17(20)22-16(12)15)14(19)11-18-8-3-2-4-9-18;/h2-10H,11H2,1H3;1H/q+1;/p-1. The van der Waals surface area contributed by atoms with E-state index in [0.29, 0.717) is 16.7 Å². The summed E-state index contributed by atoms with van der Waals surface area (Å²) in [5, 5.41) is 0.653. The van der Waals surface area contributed by atoms with Crippen LogP contribution < -0.4 is 27.3 Å². The Morgan fingerprint density at radius 2 is 1.91 bits per heavy atom. The number of halogens is 1. The van der Waals surface area contributed by atoms with Crippen molar-refractivity contribution in [1.82, 2.24) is 0 Å². The zero-order valence-corrected chi connectivity index (χ0v) is 13.1. The largest absolute Gasteiger partial charge is 1.00 e. The number of nitrogens with zero attached hydrogens (tertiary/aromatic N) is 1. The van der Waals surface area contributed by atoms with E-state index < -0.39 is 5.63 Å². The molecule has 2 heterocycles. The number of carbonyl (C=O) groups excluding carboxylic acids is 1. The second-order valence-electron chi connectivity index (χ2n) is 4.80. The topological polar surface area (TPSA) is 60.4 Å². The van der Waals surface area contributed by atoms with Crippen molar-refractivity contribution in [1.29, 1.82) is 0 Å². The third-order valence-electron chi connectivity index (χ3n) is 3.35.